The number of carbonyl (C=O) groups is 2. The lowest BCUT2D eigenvalue weighted by atomic mass is 10.1. The van der Waals surface area contributed by atoms with Gasteiger partial charge in [0.25, 0.3) is 0 Å². The Balaban J connectivity index is 1.36. The van der Waals surface area contributed by atoms with Gasteiger partial charge in [-0.2, -0.15) is 5.26 Å². The highest BCUT2D eigenvalue weighted by molar-refractivity contribution is 7.16. The molecule has 8 heteroatoms. The molecule has 0 aromatic carbocycles. The van der Waals surface area contributed by atoms with Crippen LogP contribution in [-0.2, 0) is 29.0 Å². The lowest BCUT2D eigenvalue weighted by Crippen LogP contribution is -2.45. The van der Waals surface area contributed by atoms with Gasteiger partial charge in [-0.3, -0.25) is 14.5 Å². The molecule has 2 N–H and O–H groups in total. The highest BCUT2D eigenvalue weighted by atomic mass is 32.1. The average molecular weight is 427 g/mol. The second-order valence-electron chi connectivity index (χ2n) is 7.85. The van der Waals surface area contributed by atoms with E-state index in [1.165, 1.54) is 22.6 Å². The molecule has 4 rings (SSSR count). The molecular formula is C22H26N4O3S. The summed E-state index contributed by atoms with van der Waals surface area (Å²) in [5.74, 6) is 0.443. The summed E-state index contributed by atoms with van der Waals surface area (Å²) >= 11 is 1.54. The predicted octanol–water partition coefficient (Wildman–Crippen LogP) is 3.20. The monoisotopic (exact) mass is 426 g/mol. The molecule has 1 aliphatic carbocycles. The smallest absolute Gasteiger partial charge is 0.239 e. The molecule has 0 unspecified atom stereocenters. The van der Waals surface area contributed by atoms with Gasteiger partial charge in [-0.15, -0.1) is 11.3 Å². The topological polar surface area (TPSA) is 98.4 Å². The number of likely N-dealkylation sites (tertiary alicyclic amines) is 1. The number of carbonyl (C=O) groups excluding carboxylic acids is 2. The molecule has 2 aromatic heterocycles. The van der Waals surface area contributed by atoms with E-state index in [4.69, 9.17) is 4.42 Å². The van der Waals surface area contributed by atoms with Crippen LogP contribution in [0.1, 0.15) is 53.9 Å². The van der Waals surface area contributed by atoms with Gasteiger partial charge in [-0.25, -0.2) is 0 Å². The summed E-state index contributed by atoms with van der Waals surface area (Å²) in [4.78, 5) is 28.5. The second kappa shape index (κ2) is 9.45. The maximum absolute atomic E-state index is 12.7. The number of nitrogens with zero attached hydrogens (tertiary/aromatic N) is 2. The summed E-state index contributed by atoms with van der Waals surface area (Å²) in [6.07, 6.45) is 8.49. The Morgan fingerprint density at radius 2 is 2.13 bits per heavy atom. The summed E-state index contributed by atoms with van der Waals surface area (Å²) < 4.78 is 5.25. The zero-order chi connectivity index (χ0) is 20.9. The van der Waals surface area contributed by atoms with Crippen LogP contribution in [0.25, 0.3) is 0 Å². The predicted molar refractivity (Wildman–Crippen MR) is 114 cm³/mol. The number of hydrogen-bond donors (Lipinski definition) is 2. The van der Waals surface area contributed by atoms with Gasteiger partial charge in [-0.05, 0) is 62.8 Å². The molecule has 2 aromatic rings. The SMILES string of the molecule is N#Cc1c(NC(=O)CN2CCC[C@H]2C(=O)NCc2ccco2)sc2c1CCCCC2. The molecule has 1 atom stereocenters. The van der Waals surface area contributed by atoms with Crippen molar-refractivity contribution in [2.75, 3.05) is 18.4 Å². The van der Waals surface area contributed by atoms with Crippen molar-refractivity contribution < 1.29 is 14.0 Å². The van der Waals surface area contributed by atoms with Gasteiger partial charge >= 0.3 is 0 Å². The zero-order valence-corrected chi connectivity index (χ0v) is 17.7. The molecule has 2 aliphatic rings. The van der Waals surface area contributed by atoms with Crippen molar-refractivity contribution in [1.29, 1.82) is 5.26 Å². The fourth-order valence-corrected chi connectivity index (χ4v) is 5.57. The third kappa shape index (κ3) is 4.58. The van der Waals surface area contributed by atoms with Crippen molar-refractivity contribution in [3.63, 3.8) is 0 Å². The van der Waals surface area contributed by atoms with Gasteiger partial charge in [0.15, 0.2) is 0 Å². The van der Waals surface area contributed by atoms with Gasteiger partial charge in [0.2, 0.25) is 11.8 Å². The quantitative estimate of drug-likeness (QED) is 0.691. The Labute approximate surface area is 180 Å². The first-order valence-electron chi connectivity index (χ1n) is 10.5. The van der Waals surface area contributed by atoms with Crippen LogP contribution < -0.4 is 10.6 Å². The third-order valence-electron chi connectivity index (χ3n) is 5.82. The number of aryl methyl sites for hydroxylation is 1. The number of rotatable bonds is 6. The van der Waals surface area contributed by atoms with Gasteiger partial charge in [0.05, 0.1) is 31.0 Å². The number of furan rings is 1. The van der Waals surface area contributed by atoms with E-state index in [1.54, 1.807) is 12.3 Å². The van der Waals surface area contributed by atoms with E-state index in [0.29, 0.717) is 29.4 Å². The van der Waals surface area contributed by atoms with Crippen LogP contribution in [0.4, 0.5) is 5.00 Å². The van der Waals surface area contributed by atoms with Crippen LogP contribution in [0.2, 0.25) is 0 Å². The van der Waals surface area contributed by atoms with Crippen LogP contribution in [0.3, 0.4) is 0 Å². The van der Waals surface area contributed by atoms with Crippen LogP contribution in [-0.4, -0.2) is 35.8 Å². The molecule has 1 aliphatic heterocycles. The van der Waals surface area contributed by atoms with Crippen LogP contribution in [0.5, 0.6) is 0 Å². The number of thiophene rings is 1. The Morgan fingerprint density at radius 3 is 2.93 bits per heavy atom. The lowest BCUT2D eigenvalue weighted by Gasteiger charge is -2.22. The number of amides is 2. The van der Waals surface area contributed by atoms with E-state index in [-0.39, 0.29) is 24.4 Å². The van der Waals surface area contributed by atoms with Crippen molar-refractivity contribution in [2.24, 2.45) is 0 Å². The molecule has 2 amide bonds. The third-order valence-corrected chi connectivity index (χ3v) is 7.02. The Kier molecular flexibility index (Phi) is 6.50. The standard InChI is InChI=1S/C22H26N4O3S/c23-12-17-16-7-2-1-3-9-19(16)30-22(17)25-20(27)14-26-10-4-8-18(26)21(28)24-13-15-6-5-11-29-15/h5-6,11,18H,1-4,7-10,13-14H2,(H,24,28)(H,25,27)/t18-/m0/s1. The van der Waals surface area contributed by atoms with Crippen molar-refractivity contribution in [1.82, 2.24) is 10.2 Å². The molecule has 1 saturated heterocycles. The molecule has 0 radical (unpaired) electrons. The summed E-state index contributed by atoms with van der Waals surface area (Å²) in [6, 6.07) is 5.58. The number of fused-ring (bicyclic) bond motifs is 1. The van der Waals surface area contributed by atoms with Gasteiger partial charge in [-0.1, -0.05) is 6.42 Å². The molecule has 7 nitrogen and oxygen atoms in total. The minimum atomic E-state index is -0.318. The summed E-state index contributed by atoms with van der Waals surface area (Å²) in [5, 5.41) is 16.1. The van der Waals surface area contributed by atoms with Gasteiger partial charge < -0.3 is 15.1 Å². The molecule has 3 heterocycles. The van der Waals surface area contributed by atoms with E-state index in [9.17, 15) is 14.9 Å². The largest absolute Gasteiger partial charge is 0.467 e. The van der Waals surface area contributed by atoms with Crippen LogP contribution in [0, 0.1) is 11.3 Å². The van der Waals surface area contributed by atoms with Crippen molar-refractivity contribution in [3.8, 4) is 6.07 Å². The Morgan fingerprint density at radius 1 is 1.27 bits per heavy atom. The van der Waals surface area contributed by atoms with Crippen LogP contribution >= 0.6 is 11.3 Å². The average Bonchev–Trinajstić information content (AvgIpc) is 3.44. The molecule has 1 fully saturated rings. The van der Waals surface area contributed by atoms with Crippen molar-refractivity contribution >= 4 is 28.2 Å². The molecule has 158 valence electrons. The number of nitrogens with one attached hydrogen (secondary N) is 2. The highest BCUT2D eigenvalue weighted by Crippen LogP contribution is 2.37. The Hall–Kier alpha value is -2.63. The van der Waals surface area contributed by atoms with Gasteiger partial charge in [0, 0.05) is 4.88 Å². The number of anilines is 1. The second-order valence-corrected chi connectivity index (χ2v) is 8.96. The van der Waals surface area contributed by atoms with Gasteiger partial charge in [0.1, 0.15) is 16.8 Å². The zero-order valence-electron chi connectivity index (χ0n) is 16.9. The highest BCUT2D eigenvalue weighted by Gasteiger charge is 2.32. The molecule has 0 saturated carbocycles. The number of nitriles is 1. The van der Waals surface area contributed by atoms with E-state index < -0.39 is 0 Å². The van der Waals surface area contributed by atoms with E-state index in [0.717, 1.165) is 44.1 Å². The molecule has 0 spiro atoms. The van der Waals surface area contributed by atoms with Crippen molar-refractivity contribution in [2.45, 2.75) is 57.5 Å². The Bertz CT molecular complexity index is 944. The summed E-state index contributed by atoms with van der Waals surface area (Å²) in [7, 11) is 0. The molecular weight excluding hydrogens is 400 g/mol. The first-order chi connectivity index (χ1) is 14.7. The normalized spacial score (nSPS) is 19.0. The van der Waals surface area contributed by atoms with E-state index >= 15 is 0 Å². The maximum atomic E-state index is 12.7. The van der Waals surface area contributed by atoms with Crippen LogP contribution in [0.15, 0.2) is 22.8 Å². The molecule has 0 bridgehead atoms. The first kappa shape index (κ1) is 20.6. The fourth-order valence-electron chi connectivity index (χ4n) is 4.32. The van der Waals surface area contributed by atoms with E-state index in [1.807, 2.05) is 11.0 Å². The maximum Gasteiger partial charge on any atom is 0.239 e. The summed E-state index contributed by atoms with van der Waals surface area (Å²) in [5.41, 5.74) is 1.74. The fraction of sp³-hybridized carbons (Fsp3) is 0.500. The lowest BCUT2D eigenvalue weighted by molar-refractivity contribution is -0.126. The molecule has 30 heavy (non-hydrogen) atoms. The van der Waals surface area contributed by atoms with E-state index in [2.05, 4.69) is 16.7 Å². The minimum Gasteiger partial charge on any atom is -0.467 e. The minimum absolute atomic E-state index is 0.0859. The van der Waals surface area contributed by atoms with Crippen molar-refractivity contribution in [3.05, 3.63) is 40.2 Å². The first-order valence-corrected chi connectivity index (χ1v) is 11.4. The number of hydrogen-bond acceptors (Lipinski definition) is 6. The summed E-state index contributed by atoms with van der Waals surface area (Å²) in [6.45, 7) is 1.19.